The van der Waals surface area contributed by atoms with Gasteiger partial charge in [-0.15, -0.1) is 0 Å². The number of rotatable bonds is 3. The summed E-state index contributed by atoms with van der Waals surface area (Å²) in [6, 6.07) is 7.73. The number of hydrogen-bond donors (Lipinski definition) is 2. The summed E-state index contributed by atoms with van der Waals surface area (Å²) < 4.78 is 0. The minimum atomic E-state index is -0.0951. The second kappa shape index (κ2) is 4.65. The molecule has 3 N–H and O–H groups in total. The fraction of sp³-hybridized carbons (Fsp3) is 0.364. The summed E-state index contributed by atoms with van der Waals surface area (Å²) in [6.07, 6.45) is 0. The summed E-state index contributed by atoms with van der Waals surface area (Å²) in [5, 5.41) is 2.81. The van der Waals surface area contributed by atoms with Crippen molar-refractivity contribution in [2.24, 2.45) is 5.92 Å². The van der Waals surface area contributed by atoms with Crippen LogP contribution >= 0.6 is 0 Å². The molecule has 1 aromatic rings. The topological polar surface area (TPSA) is 55.1 Å². The molecule has 0 bridgehead atoms. The average Bonchev–Trinajstić information content (AvgIpc) is 2.14. The number of benzene rings is 1. The standard InChI is InChI=1S/C11H15N2O/c1-8(2)7-13-11(14)9-4-3-5-10(12)6-9/h4-6,8H,7,12H2,1-2H3,(H,13,14). The minimum Gasteiger partial charge on any atom is -0.399 e. The van der Waals surface area contributed by atoms with Crippen LogP contribution in [0.2, 0.25) is 0 Å². The number of amides is 1. The van der Waals surface area contributed by atoms with Gasteiger partial charge in [0.1, 0.15) is 0 Å². The van der Waals surface area contributed by atoms with E-state index >= 15 is 0 Å². The zero-order valence-corrected chi connectivity index (χ0v) is 8.50. The monoisotopic (exact) mass is 191 g/mol. The van der Waals surface area contributed by atoms with Crippen LogP contribution in [0.25, 0.3) is 0 Å². The van der Waals surface area contributed by atoms with E-state index in [0.717, 1.165) is 0 Å². The lowest BCUT2D eigenvalue weighted by molar-refractivity contribution is 0.0949. The quantitative estimate of drug-likeness (QED) is 0.710. The molecule has 0 aliphatic heterocycles. The number of nitrogen functional groups attached to an aromatic ring is 1. The molecule has 1 amide bonds. The number of carbonyl (C=O) groups excluding carboxylic acids is 1. The Morgan fingerprint density at radius 3 is 2.86 bits per heavy atom. The zero-order chi connectivity index (χ0) is 10.6. The lowest BCUT2D eigenvalue weighted by Gasteiger charge is -2.07. The van der Waals surface area contributed by atoms with Gasteiger partial charge >= 0.3 is 0 Å². The first-order chi connectivity index (χ1) is 6.59. The molecule has 0 fully saturated rings. The third-order valence-corrected chi connectivity index (χ3v) is 1.74. The van der Waals surface area contributed by atoms with E-state index in [2.05, 4.69) is 11.4 Å². The highest BCUT2D eigenvalue weighted by molar-refractivity contribution is 5.94. The summed E-state index contributed by atoms with van der Waals surface area (Å²) in [7, 11) is 0. The van der Waals surface area contributed by atoms with E-state index in [1.807, 2.05) is 13.8 Å². The van der Waals surface area contributed by atoms with Gasteiger partial charge in [-0.05, 0) is 30.2 Å². The Hall–Kier alpha value is -1.51. The largest absolute Gasteiger partial charge is 0.399 e. The van der Waals surface area contributed by atoms with E-state index in [9.17, 15) is 4.79 Å². The maximum atomic E-state index is 11.5. The van der Waals surface area contributed by atoms with E-state index in [-0.39, 0.29) is 5.91 Å². The van der Waals surface area contributed by atoms with Crippen LogP contribution in [0, 0.1) is 12.0 Å². The van der Waals surface area contributed by atoms with Gasteiger partial charge in [0.25, 0.3) is 5.91 Å². The van der Waals surface area contributed by atoms with E-state index < -0.39 is 0 Å². The molecular formula is C11H15N2O. The zero-order valence-electron chi connectivity index (χ0n) is 8.50. The molecule has 0 aliphatic rings. The van der Waals surface area contributed by atoms with Crippen LogP contribution in [0.15, 0.2) is 18.2 Å². The molecule has 0 unspecified atom stereocenters. The van der Waals surface area contributed by atoms with Gasteiger partial charge in [0, 0.05) is 17.8 Å². The Morgan fingerprint density at radius 2 is 2.29 bits per heavy atom. The van der Waals surface area contributed by atoms with E-state index in [1.54, 1.807) is 18.2 Å². The SMILES string of the molecule is CC(C)CNC(=O)c1c[c]cc(N)c1. The van der Waals surface area contributed by atoms with Gasteiger partial charge in [-0.1, -0.05) is 13.8 Å². The van der Waals surface area contributed by atoms with Crippen LogP contribution in [-0.4, -0.2) is 12.5 Å². The van der Waals surface area contributed by atoms with Crippen LogP contribution in [0.4, 0.5) is 5.69 Å². The van der Waals surface area contributed by atoms with Crippen LogP contribution in [0.5, 0.6) is 0 Å². The third kappa shape index (κ3) is 3.09. The van der Waals surface area contributed by atoms with Crippen LogP contribution < -0.4 is 11.1 Å². The number of nitrogens with two attached hydrogens (primary N) is 1. The molecule has 0 atom stereocenters. The maximum Gasteiger partial charge on any atom is 0.251 e. The van der Waals surface area contributed by atoms with Crippen molar-refractivity contribution >= 4 is 11.6 Å². The molecule has 0 aliphatic carbocycles. The van der Waals surface area contributed by atoms with Gasteiger partial charge in [0.15, 0.2) is 0 Å². The Bertz CT molecular complexity index is 321. The van der Waals surface area contributed by atoms with E-state index in [1.165, 1.54) is 0 Å². The van der Waals surface area contributed by atoms with Crippen LogP contribution in [0.3, 0.4) is 0 Å². The third-order valence-electron chi connectivity index (χ3n) is 1.74. The van der Waals surface area contributed by atoms with Crippen molar-refractivity contribution in [1.82, 2.24) is 5.32 Å². The van der Waals surface area contributed by atoms with Gasteiger partial charge in [-0.25, -0.2) is 0 Å². The second-order valence-electron chi connectivity index (χ2n) is 3.66. The van der Waals surface area contributed by atoms with E-state index in [4.69, 9.17) is 5.73 Å². The lowest BCUT2D eigenvalue weighted by atomic mass is 10.1. The van der Waals surface area contributed by atoms with Crippen molar-refractivity contribution in [3.8, 4) is 0 Å². The number of carbonyl (C=O) groups is 1. The van der Waals surface area contributed by atoms with Crippen molar-refractivity contribution in [2.45, 2.75) is 13.8 Å². The first-order valence-corrected chi connectivity index (χ1v) is 4.64. The maximum absolute atomic E-state index is 11.5. The molecule has 14 heavy (non-hydrogen) atoms. The van der Waals surface area contributed by atoms with E-state index in [0.29, 0.717) is 23.7 Å². The molecular weight excluding hydrogens is 176 g/mol. The van der Waals surface area contributed by atoms with Gasteiger partial charge in [0.2, 0.25) is 0 Å². The minimum absolute atomic E-state index is 0.0951. The molecule has 1 rings (SSSR count). The second-order valence-corrected chi connectivity index (χ2v) is 3.66. The summed E-state index contributed by atoms with van der Waals surface area (Å²) in [5.74, 6) is 0.353. The highest BCUT2D eigenvalue weighted by Gasteiger charge is 2.05. The summed E-state index contributed by atoms with van der Waals surface area (Å²) in [4.78, 5) is 11.5. The average molecular weight is 191 g/mol. The molecule has 75 valence electrons. The normalized spacial score (nSPS) is 10.2. The fourth-order valence-electron chi connectivity index (χ4n) is 1.02. The molecule has 3 heteroatoms. The van der Waals surface area contributed by atoms with Gasteiger partial charge in [-0.2, -0.15) is 0 Å². The first-order valence-electron chi connectivity index (χ1n) is 4.64. The van der Waals surface area contributed by atoms with Crippen LogP contribution in [0.1, 0.15) is 24.2 Å². The Labute approximate surface area is 84.3 Å². The molecule has 1 aromatic carbocycles. The Balaban J connectivity index is 2.61. The Morgan fingerprint density at radius 1 is 1.57 bits per heavy atom. The molecule has 0 aromatic heterocycles. The summed E-state index contributed by atoms with van der Waals surface area (Å²) in [5.41, 5.74) is 6.66. The first kappa shape index (κ1) is 10.6. The van der Waals surface area contributed by atoms with Crippen LogP contribution in [-0.2, 0) is 0 Å². The van der Waals surface area contributed by atoms with Crippen molar-refractivity contribution < 1.29 is 4.79 Å². The number of hydrogen-bond acceptors (Lipinski definition) is 2. The highest BCUT2D eigenvalue weighted by atomic mass is 16.1. The predicted molar refractivity (Wildman–Crippen MR) is 56.9 cm³/mol. The van der Waals surface area contributed by atoms with Crippen molar-refractivity contribution in [1.29, 1.82) is 0 Å². The smallest absolute Gasteiger partial charge is 0.251 e. The predicted octanol–water partition coefficient (Wildman–Crippen LogP) is 1.45. The molecule has 1 radical (unpaired) electrons. The molecule has 0 saturated carbocycles. The molecule has 0 spiro atoms. The Kier molecular flexibility index (Phi) is 3.51. The van der Waals surface area contributed by atoms with Crippen molar-refractivity contribution in [3.05, 3.63) is 29.8 Å². The number of anilines is 1. The summed E-state index contributed by atoms with van der Waals surface area (Å²) >= 11 is 0. The van der Waals surface area contributed by atoms with Gasteiger partial charge in [-0.3, -0.25) is 4.79 Å². The highest BCUT2D eigenvalue weighted by Crippen LogP contribution is 2.05. The van der Waals surface area contributed by atoms with Crippen molar-refractivity contribution in [3.63, 3.8) is 0 Å². The molecule has 3 nitrogen and oxygen atoms in total. The van der Waals surface area contributed by atoms with Gasteiger partial charge in [0.05, 0.1) is 0 Å². The summed E-state index contributed by atoms with van der Waals surface area (Å²) in [6.45, 7) is 4.77. The van der Waals surface area contributed by atoms with Crippen molar-refractivity contribution in [2.75, 3.05) is 12.3 Å². The molecule has 0 heterocycles. The number of nitrogens with one attached hydrogen (secondary N) is 1. The van der Waals surface area contributed by atoms with Gasteiger partial charge < -0.3 is 11.1 Å². The fourth-order valence-corrected chi connectivity index (χ4v) is 1.02. The molecule has 0 saturated heterocycles. The lowest BCUT2D eigenvalue weighted by Crippen LogP contribution is -2.27.